The summed E-state index contributed by atoms with van der Waals surface area (Å²) in [5.74, 6) is 1.85. The number of anilines is 3. The third-order valence-electron chi connectivity index (χ3n) is 11.9. The Morgan fingerprint density at radius 2 is 1.00 bits per heavy atom. The average molecular weight is 748 g/mol. The van der Waals surface area contributed by atoms with Gasteiger partial charge in [0.25, 0.3) is 0 Å². The van der Waals surface area contributed by atoms with Crippen LogP contribution >= 0.6 is 11.8 Å². The fourth-order valence-electron chi connectivity index (χ4n) is 9.57. The van der Waals surface area contributed by atoms with Crippen molar-refractivity contribution in [1.82, 2.24) is 0 Å². The Hall–Kier alpha value is -6.59. The molecule has 2 nitrogen and oxygen atoms in total. The molecule has 0 saturated carbocycles. The van der Waals surface area contributed by atoms with Crippen LogP contribution in [0.15, 0.2) is 210 Å². The van der Waals surface area contributed by atoms with Crippen LogP contribution in [-0.2, 0) is 0 Å². The Balaban J connectivity index is 1.14. The number of fused-ring (bicyclic) bond motifs is 6. The van der Waals surface area contributed by atoms with Crippen LogP contribution in [0.1, 0.15) is 0 Å². The van der Waals surface area contributed by atoms with E-state index >= 15 is 0 Å². The molecule has 2 aliphatic rings. The van der Waals surface area contributed by atoms with Crippen LogP contribution in [0.3, 0.4) is 0 Å². The summed E-state index contributed by atoms with van der Waals surface area (Å²) in [5.41, 5.74) is 6.01. The van der Waals surface area contributed by atoms with E-state index in [0.717, 1.165) is 33.5 Å². The largest absolute Gasteiger partial charge is 0.455 e. The molecule has 0 amide bonds. The van der Waals surface area contributed by atoms with Gasteiger partial charge in [0.2, 0.25) is 0 Å². The summed E-state index contributed by atoms with van der Waals surface area (Å²) in [6.45, 7) is 0. The fraction of sp³-hybridized carbons (Fsp3) is 0. The Morgan fingerprint density at radius 3 is 1.71 bits per heavy atom. The van der Waals surface area contributed by atoms with E-state index in [9.17, 15) is 0 Å². The minimum absolute atomic E-state index is 0.920. The lowest BCUT2D eigenvalue weighted by Crippen LogP contribution is -2.72. The molecule has 4 heteroatoms. The summed E-state index contributed by atoms with van der Waals surface area (Å²) in [6, 6.07) is 74.1. The molecule has 0 saturated heterocycles. The molecule has 0 radical (unpaired) electrons. The second-order valence-electron chi connectivity index (χ2n) is 14.8. The zero-order valence-electron chi connectivity index (χ0n) is 30.3. The van der Waals surface area contributed by atoms with Crippen LogP contribution in [0.4, 0.5) is 17.1 Å². The summed E-state index contributed by atoms with van der Waals surface area (Å²) in [5, 5.41) is 13.5. The molecule has 56 heavy (non-hydrogen) atoms. The maximum absolute atomic E-state index is 6.64. The smallest absolute Gasteiger partial charge is 0.180 e. The summed E-state index contributed by atoms with van der Waals surface area (Å²) in [7, 11) is -2.93. The Labute approximate surface area is 330 Å². The molecule has 262 valence electrons. The number of hydrogen-bond acceptors (Lipinski definition) is 3. The molecular weight excluding hydrogens is 715 g/mol. The highest BCUT2D eigenvalue weighted by atomic mass is 32.2. The van der Waals surface area contributed by atoms with Crippen LogP contribution in [0.5, 0.6) is 11.5 Å². The van der Waals surface area contributed by atoms with E-state index in [-0.39, 0.29) is 0 Å². The first kappa shape index (κ1) is 31.7. The first-order valence-corrected chi connectivity index (χ1v) is 22.0. The average Bonchev–Trinajstić information content (AvgIpc) is 3.57. The van der Waals surface area contributed by atoms with E-state index in [1.54, 1.807) is 0 Å². The molecule has 1 atom stereocenters. The lowest BCUT2D eigenvalue weighted by Gasteiger charge is -2.33. The van der Waals surface area contributed by atoms with E-state index in [4.69, 9.17) is 4.74 Å². The topological polar surface area (TPSA) is 12.5 Å². The molecule has 2 heterocycles. The molecule has 0 aliphatic carbocycles. The van der Waals surface area contributed by atoms with Crippen molar-refractivity contribution in [1.29, 1.82) is 0 Å². The van der Waals surface area contributed by atoms with Gasteiger partial charge in [0.1, 0.15) is 11.5 Å². The predicted octanol–water partition coefficient (Wildman–Crippen LogP) is 11.7. The summed E-state index contributed by atoms with van der Waals surface area (Å²) < 4.78 is 6.64. The van der Waals surface area contributed by atoms with Gasteiger partial charge in [-0.25, -0.2) is 0 Å². The first-order valence-electron chi connectivity index (χ1n) is 19.2. The molecule has 0 aromatic heterocycles. The van der Waals surface area contributed by atoms with Gasteiger partial charge in [0, 0.05) is 17.1 Å². The van der Waals surface area contributed by atoms with Crippen molar-refractivity contribution in [3.8, 4) is 22.6 Å². The zero-order valence-corrected chi connectivity index (χ0v) is 32.1. The Bertz CT molecular complexity index is 3040. The highest BCUT2D eigenvalue weighted by molar-refractivity contribution is 7.99. The molecule has 0 spiro atoms. The lowest BCUT2D eigenvalue weighted by molar-refractivity contribution is 0.455. The molecular formula is C52H33NOSSi. The molecule has 0 fully saturated rings. The molecule has 1 unspecified atom stereocenters. The van der Waals surface area contributed by atoms with E-state index < -0.39 is 8.07 Å². The van der Waals surface area contributed by atoms with Gasteiger partial charge in [-0.3, -0.25) is 0 Å². The molecule has 10 aromatic carbocycles. The van der Waals surface area contributed by atoms with Crippen LogP contribution in [0.25, 0.3) is 43.4 Å². The number of ether oxygens (including phenoxy) is 1. The van der Waals surface area contributed by atoms with Crippen molar-refractivity contribution in [2.45, 2.75) is 9.79 Å². The number of benzene rings is 10. The van der Waals surface area contributed by atoms with Crippen molar-refractivity contribution in [3.05, 3.63) is 200 Å². The number of rotatable bonds is 5. The minimum Gasteiger partial charge on any atom is -0.455 e. The molecule has 2 aliphatic heterocycles. The van der Waals surface area contributed by atoms with E-state index in [1.165, 1.54) is 69.1 Å². The third-order valence-corrected chi connectivity index (χ3v) is 17.9. The zero-order chi connectivity index (χ0) is 36.8. The fourth-order valence-corrected chi connectivity index (χ4v) is 16.0. The van der Waals surface area contributed by atoms with Crippen molar-refractivity contribution >= 4 is 90.0 Å². The highest BCUT2D eigenvalue weighted by Crippen LogP contribution is 2.51. The van der Waals surface area contributed by atoms with E-state index in [1.807, 2.05) is 11.8 Å². The quantitative estimate of drug-likeness (QED) is 0.128. The maximum atomic E-state index is 6.64. The van der Waals surface area contributed by atoms with Crippen molar-refractivity contribution in [2.24, 2.45) is 0 Å². The molecule has 12 rings (SSSR count). The Kier molecular flexibility index (Phi) is 6.92. The van der Waals surface area contributed by atoms with Crippen molar-refractivity contribution in [3.63, 3.8) is 0 Å². The van der Waals surface area contributed by atoms with Gasteiger partial charge in [0.05, 0.1) is 9.79 Å². The molecule has 10 aromatic rings. The van der Waals surface area contributed by atoms with Crippen LogP contribution < -0.4 is 30.4 Å². The maximum Gasteiger partial charge on any atom is 0.180 e. The van der Waals surface area contributed by atoms with Crippen LogP contribution in [0.2, 0.25) is 0 Å². The van der Waals surface area contributed by atoms with Crippen molar-refractivity contribution in [2.75, 3.05) is 4.90 Å². The van der Waals surface area contributed by atoms with Crippen molar-refractivity contribution < 1.29 is 4.74 Å². The van der Waals surface area contributed by atoms with Gasteiger partial charge in [-0.1, -0.05) is 157 Å². The third kappa shape index (κ3) is 4.51. The summed E-state index contributed by atoms with van der Waals surface area (Å²) in [4.78, 5) is 4.71. The monoisotopic (exact) mass is 747 g/mol. The summed E-state index contributed by atoms with van der Waals surface area (Å²) >= 11 is 1.84. The second-order valence-corrected chi connectivity index (χ2v) is 19.6. The van der Waals surface area contributed by atoms with Crippen LogP contribution in [-0.4, -0.2) is 8.07 Å². The molecule has 0 bridgehead atoms. The number of para-hydroxylation sites is 3. The molecule has 0 N–H and O–H groups in total. The minimum atomic E-state index is -2.93. The normalized spacial score (nSPS) is 15.3. The van der Waals surface area contributed by atoms with Crippen LogP contribution in [0, 0.1) is 0 Å². The Morgan fingerprint density at radius 1 is 0.411 bits per heavy atom. The first-order chi connectivity index (χ1) is 27.8. The second kappa shape index (κ2) is 12.2. The van der Waals surface area contributed by atoms with E-state index in [2.05, 4.69) is 205 Å². The summed E-state index contributed by atoms with van der Waals surface area (Å²) in [6.07, 6.45) is 0. The SMILES string of the molecule is c1ccc(N(c2ccccc2)c2ccc([Si]3(c4cc5ccc6cccc7ccc(c4)c5c67)c4ccccc4-c4c3ccc3c4Sc4ccccc4O3)cc2)cc1. The number of nitrogens with zero attached hydrogens (tertiary/aromatic N) is 1. The predicted molar refractivity (Wildman–Crippen MR) is 238 cm³/mol. The standard InChI is InChI=1S/C52H33NOSSi/c1-3-14-38(15-4-1)53(39-16-5-2-6-17-39)40-26-28-41(29-27-40)56(42-32-36-24-22-34-12-11-13-35-23-25-37(33-42)50(36)49(34)35)47-21-10-7-18-43(47)51-48(56)31-30-45-52(51)55-46-20-9-8-19-44(46)54-45/h1-33H. The van der Waals surface area contributed by atoms with Gasteiger partial charge in [-0.05, 0) is 119 Å². The highest BCUT2D eigenvalue weighted by Gasteiger charge is 2.50. The van der Waals surface area contributed by atoms with Gasteiger partial charge in [-0.15, -0.1) is 0 Å². The van der Waals surface area contributed by atoms with Gasteiger partial charge >= 0.3 is 0 Å². The van der Waals surface area contributed by atoms with Gasteiger partial charge < -0.3 is 9.64 Å². The van der Waals surface area contributed by atoms with Gasteiger partial charge in [-0.2, -0.15) is 0 Å². The van der Waals surface area contributed by atoms with E-state index in [0.29, 0.717) is 0 Å². The number of hydrogen-bond donors (Lipinski definition) is 0. The lowest BCUT2D eigenvalue weighted by atomic mass is 9.94. The van der Waals surface area contributed by atoms with Gasteiger partial charge in [0.15, 0.2) is 8.07 Å².